The molecule has 1 aliphatic heterocycles. The molecule has 1 heterocycles. The smallest absolute Gasteiger partial charge is 0.331 e. The number of hydrogen-bond donors (Lipinski definition) is 0. The zero-order chi connectivity index (χ0) is 41.6. The van der Waals surface area contributed by atoms with Crippen LogP contribution in [0.5, 0.6) is 17.2 Å². The Morgan fingerprint density at radius 3 is 2.28 bits per heavy atom. The summed E-state index contributed by atoms with van der Waals surface area (Å²) in [6.45, 7) is 20.9. The van der Waals surface area contributed by atoms with Gasteiger partial charge in [-0.2, -0.15) is 0 Å². The van der Waals surface area contributed by atoms with E-state index in [9.17, 15) is 4.79 Å². The second kappa shape index (κ2) is 21.7. The summed E-state index contributed by atoms with van der Waals surface area (Å²) < 4.78 is 42.5. The first-order valence-electron chi connectivity index (χ1n) is 20.3. The van der Waals surface area contributed by atoms with Crippen molar-refractivity contribution >= 4 is 14.3 Å². The fourth-order valence-corrected chi connectivity index (χ4v) is 8.52. The lowest BCUT2D eigenvalue weighted by molar-refractivity contribution is -0.157. The van der Waals surface area contributed by atoms with Gasteiger partial charge in [-0.1, -0.05) is 92.6 Å². The predicted octanol–water partition coefficient (Wildman–Crippen LogP) is 11.3. The Bertz CT molecular complexity index is 1730. The Labute approximate surface area is 344 Å². The van der Waals surface area contributed by atoms with Crippen molar-refractivity contribution in [3.8, 4) is 17.2 Å². The average Bonchev–Trinajstić information content (AvgIpc) is 3.14. The van der Waals surface area contributed by atoms with E-state index in [1.54, 1.807) is 27.4 Å². The van der Waals surface area contributed by atoms with E-state index in [1.165, 1.54) is 11.6 Å². The van der Waals surface area contributed by atoms with Gasteiger partial charge in [-0.25, -0.2) is 4.79 Å². The molecular formula is C48H68O8Si. The Morgan fingerprint density at radius 1 is 0.877 bits per heavy atom. The number of cyclic esters (lactones) is 1. The zero-order valence-electron chi connectivity index (χ0n) is 36.2. The van der Waals surface area contributed by atoms with E-state index in [-0.39, 0.29) is 17.7 Å². The first-order valence-corrected chi connectivity index (χ1v) is 23.3. The van der Waals surface area contributed by atoms with Crippen LogP contribution in [0.2, 0.25) is 18.1 Å². The van der Waals surface area contributed by atoms with E-state index in [1.807, 2.05) is 48.5 Å². The van der Waals surface area contributed by atoms with Crippen molar-refractivity contribution in [1.29, 1.82) is 0 Å². The van der Waals surface area contributed by atoms with Crippen molar-refractivity contribution in [3.63, 3.8) is 0 Å². The van der Waals surface area contributed by atoms with Gasteiger partial charge in [0.2, 0.25) is 0 Å². The van der Waals surface area contributed by atoms with Crippen molar-refractivity contribution in [1.82, 2.24) is 0 Å². The van der Waals surface area contributed by atoms with Crippen LogP contribution in [0.1, 0.15) is 84.3 Å². The molecule has 8 nitrogen and oxygen atoms in total. The third-order valence-electron chi connectivity index (χ3n) is 11.3. The summed E-state index contributed by atoms with van der Waals surface area (Å²) in [4.78, 5) is 13.6. The Kier molecular flexibility index (Phi) is 17.5. The molecular weight excluding hydrogens is 733 g/mol. The van der Waals surface area contributed by atoms with Gasteiger partial charge in [-0.15, -0.1) is 0 Å². The van der Waals surface area contributed by atoms with Crippen molar-refractivity contribution in [2.75, 3.05) is 27.9 Å². The largest absolute Gasteiger partial charge is 0.497 e. The van der Waals surface area contributed by atoms with E-state index < -0.39 is 26.5 Å². The number of fused-ring (bicyclic) bond motifs is 2. The van der Waals surface area contributed by atoms with Gasteiger partial charge in [-0.3, -0.25) is 0 Å². The molecule has 0 saturated heterocycles. The van der Waals surface area contributed by atoms with Gasteiger partial charge in [0.15, 0.2) is 19.8 Å². The standard InChI is InChI=1S/C48H68O8Si/c1-34-14-12-17-47(49)55-45(28-36(3)26-40-25-35(2)24-38(29-40)15-13-16-42(27-34)56-57(10,11)48(4,5)6)46(54-32-37-18-21-41(50-7)22-19-37)33-53-31-39-20-23-43(51-8)44(30-39)52-9/h12-14,16-23,26,30,38,40,42,45-46H,2,15,24-25,27-29,31-33H2,1,3-11H3/b16-13+,17-12+,34-14-,36-26+/t38-,40-,42+,45-,46-/m1/s1. The summed E-state index contributed by atoms with van der Waals surface area (Å²) in [6, 6.07) is 13.5. The van der Waals surface area contributed by atoms with Gasteiger partial charge in [0.05, 0.1) is 47.3 Å². The molecule has 0 radical (unpaired) electrons. The van der Waals surface area contributed by atoms with Crippen LogP contribution < -0.4 is 14.2 Å². The number of carbonyl (C=O) groups excluding carboxylic acids is 1. The molecule has 1 aliphatic carbocycles. The van der Waals surface area contributed by atoms with Gasteiger partial charge < -0.3 is 32.8 Å². The molecule has 0 spiro atoms. The molecule has 0 aromatic heterocycles. The fourth-order valence-electron chi connectivity index (χ4n) is 7.24. The highest BCUT2D eigenvalue weighted by molar-refractivity contribution is 6.74. The van der Waals surface area contributed by atoms with E-state index >= 15 is 0 Å². The number of rotatable bonds is 13. The number of allylic oxidation sites excluding steroid dienone is 5. The molecule has 2 bridgehead atoms. The summed E-state index contributed by atoms with van der Waals surface area (Å²) in [6.07, 6.45) is 16.3. The minimum atomic E-state index is -2.03. The summed E-state index contributed by atoms with van der Waals surface area (Å²) in [5.74, 6) is 2.46. The highest BCUT2D eigenvalue weighted by Crippen LogP contribution is 2.39. The zero-order valence-corrected chi connectivity index (χ0v) is 37.2. The Balaban J connectivity index is 1.64. The second-order valence-corrected chi connectivity index (χ2v) is 22.0. The van der Waals surface area contributed by atoms with Gasteiger partial charge >= 0.3 is 5.97 Å². The maximum absolute atomic E-state index is 13.6. The van der Waals surface area contributed by atoms with Crippen LogP contribution >= 0.6 is 0 Å². The summed E-state index contributed by atoms with van der Waals surface area (Å²) >= 11 is 0. The fraction of sp³-hybridized carbons (Fsp3) is 0.521. The van der Waals surface area contributed by atoms with E-state index in [0.29, 0.717) is 43.0 Å². The first kappa shape index (κ1) is 45.8. The third-order valence-corrected chi connectivity index (χ3v) is 15.8. The number of ether oxygens (including phenoxy) is 6. The third kappa shape index (κ3) is 14.8. The second-order valence-electron chi connectivity index (χ2n) is 17.3. The van der Waals surface area contributed by atoms with Crippen molar-refractivity contribution in [3.05, 3.63) is 113 Å². The van der Waals surface area contributed by atoms with Gasteiger partial charge in [0, 0.05) is 12.5 Å². The first-order chi connectivity index (χ1) is 27.1. The van der Waals surface area contributed by atoms with Crippen LogP contribution in [0, 0.1) is 11.8 Å². The highest BCUT2D eigenvalue weighted by atomic mass is 28.4. The number of hydrogen-bond acceptors (Lipinski definition) is 8. The molecule has 5 atom stereocenters. The molecule has 1 saturated carbocycles. The molecule has 57 heavy (non-hydrogen) atoms. The predicted molar refractivity (Wildman–Crippen MR) is 232 cm³/mol. The van der Waals surface area contributed by atoms with Gasteiger partial charge in [0.25, 0.3) is 0 Å². The molecule has 2 aromatic carbocycles. The van der Waals surface area contributed by atoms with Gasteiger partial charge in [0.1, 0.15) is 18.0 Å². The van der Waals surface area contributed by atoms with Gasteiger partial charge in [-0.05, 0) is 111 Å². The number of carbonyl (C=O) groups is 1. The quantitative estimate of drug-likeness (QED) is 0.113. The number of esters is 1. The summed E-state index contributed by atoms with van der Waals surface area (Å²) in [5.41, 5.74) is 5.44. The number of benzene rings is 2. The molecule has 0 amide bonds. The van der Waals surface area contributed by atoms with Crippen LogP contribution in [0.15, 0.2) is 102 Å². The monoisotopic (exact) mass is 800 g/mol. The van der Waals surface area contributed by atoms with Crippen LogP contribution in [0.4, 0.5) is 0 Å². The molecule has 2 aliphatic rings. The lowest BCUT2D eigenvalue weighted by Crippen LogP contribution is -2.43. The normalized spacial score (nSPS) is 25.0. The molecule has 1 fully saturated rings. The maximum atomic E-state index is 13.6. The van der Waals surface area contributed by atoms with E-state index in [4.69, 9.17) is 32.8 Å². The van der Waals surface area contributed by atoms with Crippen molar-refractivity contribution in [2.45, 2.75) is 123 Å². The Morgan fingerprint density at radius 2 is 1.60 bits per heavy atom. The molecule has 312 valence electrons. The van der Waals surface area contributed by atoms with Crippen molar-refractivity contribution < 1.29 is 37.6 Å². The lowest BCUT2D eigenvalue weighted by atomic mass is 9.76. The SMILES string of the molecule is C=C1C[C@@H]2/C=C(\C)C[C@H]([C@@H](COCc3ccc(OC)c(OC)c3)OCc3ccc(OC)cc3)OC(=O)/C=C/C=C(/C)C[C@@H](O[Si](C)(C)C(C)(C)C)/C=C/C[C@H](C1)C2. The van der Waals surface area contributed by atoms with Crippen molar-refractivity contribution in [2.24, 2.45) is 11.8 Å². The molecule has 0 N–H and O–H groups in total. The molecule has 4 rings (SSSR count). The highest BCUT2D eigenvalue weighted by Gasteiger charge is 2.39. The number of methoxy groups -OCH3 is 3. The van der Waals surface area contributed by atoms with Crippen LogP contribution in [0.25, 0.3) is 0 Å². The van der Waals surface area contributed by atoms with Crippen LogP contribution in [-0.2, 0) is 36.6 Å². The van der Waals surface area contributed by atoms with Crippen LogP contribution in [0.3, 0.4) is 0 Å². The minimum absolute atomic E-state index is 0.0434. The lowest BCUT2D eigenvalue weighted by Gasteiger charge is -2.39. The topological polar surface area (TPSA) is 81.7 Å². The summed E-state index contributed by atoms with van der Waals surface area (Å²) in [5, 5.41) is 0.0910. The summed E-state index contributed by atoms with van der Waals surface area (Å²) in [7, 11) is 2.84. The average molecular weight is 801 g/mol. The minimum Gasteiger partial charge on any atom is -0.497 e. The maximum Gasteiger partial charge on any atom is 0.331 e. The molecule has 0 unspecified atom stereocenters. The van der Waals surface area contributed by atoms with E-state index in [2.05, 4.69) is 72.5 Å². The van der Waals surface area contributed by atoms with E-state index in [0.717, 1.165) is 60.1 Å². The molecule has 9 heteroatoms. The molecule has 2 aromatic rings. The Hall–Kier alpha value is -3.89. The van der Waals surface area contributed by atoms with Crippen LogP contribution in [-0.4, -0.2) is 60.5 Å².